The zero-order valence-electron chi connectivity index (χ0n) is 13.8. The molecule has 0 saturated heterocycles. The zero-order chi connectivity index (χ0) is 16.9. The van der Waals surface area contributed by atoms with Crippen molar-refractivity contribution in [3.63, 3.8) is 0 Å². The second-order valence-electron chi connectivity index (χ2n) is 6.18. The molecule has 1 aliphatic rings. The highest BCUT2D eigenvalue weighted by Crippen LogP contribution is 2.20. The Bertz CT molecular complexity index is 757. The van der Waals surface area contributed by atoms with E-state index in [0.717, 1.165) is 10.5 Å². The Morgan fingerprint density at radius 2 is 2.00 bits per heavy atom. The highest BCUT2D eigenvalue weighted by atomic mass is 35.5. The molecular weight excluding hydrogens is 342 g/mol. The van der Waals surface area contributed by atoms with Gasteiger partial charge in [-0.3, -0.25) is 9.79 Å². The molecule has 4 nitrogen and oxygen atoms in total. The minimum atomic E-state index is -0.0939. The number of aromatic nitrogens is 1. The van der Waals surface area contributed by atoms with Gasteiger partial charge in [0.25, 0.3) is 5.91 Å². The smallest absolute Gasteiger partial charge is 0.251 e. The molecule has 1 fully saturated rings. The first-order valence-electron chi connectivity index (χ1n) is 8.34. The Morgan fingerprint density at radius 1 is 1.29 bits per heavy atom. The van der Waals surface area contributed by atoms with Gasteiger partial charge in [0.05, 0.1) is 12.6 Å². The molecule has 1 saturated carbocycles. The van der Waals surface area contributed by atoms with Gasteiger partial charge < -0.3 is 9.88 Å². The standard InChI is InChI=1S/C18H22ClN3OS/c1-22-16(11-20-17(23)13-7-9-14(19)10-8-13)12-24-18(22)21-15-5-3-2-4-6-15/h7-10,12,15H,2-6,11H2,1H3,(H,20,23). The van der Waals surface area contributed by atoms with Crippen molar-refractivity contribution >= 4 is 28.8 Å². The molecule has 2 aromatic rings. The molecule has 1 amide bonds. The van der Waals surface area contributed by atoms with Gasteiger partial charge in [-0.2, -0.15) is 0 Å². The number of carbonyl (C=O) groups is 1. The molecule has 1 N–H and O–H groups in total. The van der Waals surface area contributed by atoms with Crippen LogP contribution in [0.1, 0.15) is 48.2 Å². The first-order valence-corrected chi connectivity index (χ1v) is 9.60. The summed E-state index contributed by atoms with van der Waals surface area (Å²) in [6, 6.07) is 7.37. The van der Waals surface area contributed by atoms with Gasteiger partial charge in [0, 0.05) is 28.7 Å². The largest absolute Gasteiger partial charge is 0.346 e. The van der Waals surface area contributed by atoms with Gasteiger partial charge in [-0.05, 0) is 37.1 Å². The number of hydrogen-bond acceptors (Lipinski definition) is 3. The molecule has 24 heavy (non-hydrogen) atoms. The van der Waals surface area contributed by atoms with Gasteiger partial charge >= 0.3 is 0 Å². The Balaban J connectivity index is 1.64. The Kier molecular flexibility index (Phi) is 5.74. The first-order chi connectivity index (χ1) is 11.6. The van der Waals surface area contributed by atoms with Crippen molar-refractivity contribution in [2.24, 2.45) is 12.0 Å². The van der Waals surface area contributed by atoms with Crippen LogP contribution < -0.4 is 10.1 Å². The van der Waals surface area contributed by atoms with Gasteiger partial charge in [0.1, 0.15) is 0 Å². The molecule has 1 aromatic heterocycles. The minimum Gasteiger partial charge on any atom is -0.346 e. The summed E-state index contributed by atoms with van der Waals surface area (Å²) in [6.07, 6.45) is 6.30. The summed E-state index contributed by atoms with van der Waals surface area (Å²) in [5.41, 5.74) is 1.68. The van der Waals surface area contributed by atoms with Crippen LogP contribution in [0.5, 0.6) is 0 Å². The monoisotopic (exact) mass is 363 g/mol. The lowest BCUT2D eigenvalue weighted by molar-refractivity contribution is 0.0950. The molecule has 0 spiro atoms. The molecule has 1 aliphatic carbocycles. The molecule has 0 unspecified atom stereocenters. The second-order valence-corrected chi connectivity index (χ2v) is 7.45. The molecular formula is C18H22ClN3OS. The van der Waals surface area contributed by atoms with Crippen LogP contribution in [0.4, 0.5) is 0 Å². The van der Waals surface area contributed by atoms with Crippen LogP contribution in [0.25, 0.3) is 0 Å². The quantitative estimate of drug-likeness (QED) is 0.879. The summed E-state index contributed by atoms with van der Waals surface area (Å²) in [5.74, 6) is -0.0939. The van der Waals surface area contributed by atoms with Crippen molar-refractivity contribution in [2.75, 3.05) is 0 Å². The maximum atomic E-state index is 12.2. The SMILES string of the molecule is Cn1c(CNC(=O)c2ccc(Cl)cc2)csc1=NC1CCCCC1. The van der Waals surface area contributed by atoms with Crippen LogP contribution in [-0.4, -0.2) is 16.5 Å². The number of nitrogens with one attached hydrogen (secondary N) is 1. The Morgan fingerprint density at radius 3 is 2.71 bits per heavy atom. The average Bonchev–Trinajstić information content (AvgIpc) is 2.94. The highest BCUT2D eigenvalue weighted by molar-refractivity contribution is 7.07. The van der Waals surface area contributed by atoms with Crippen molar-refractivity contribution in [2.45, 2.75) is 44.7 Å². The molecule has 0 aliphatic heterocycles. The molecule has 0 radical (unpaired) electrons. The first kappa shape index (κ1) is 17.2. The van der Waals surface area contributed by atoms with E-state index in [9.17, 15) is 4.79 Å². The van der Waals surface area contributed by atoms with Gasteiger partial charge in [-0.1, -0.05) is 30.9 Å². The lowest BCUT2D eigenvalue weighted by Crippen LogP contribution is -2.26. The molecule has 1 aromatic carbocycles. The van der Waals surface area contributed by atoms with E-state index in [2.05, 4.69) is 15.3 Å². The normalized spacial score (nSPS) is 16.3. The number of hydrogen-bond donors (Lipinski definition) is 1. The van der Waals surface area contributed by atoms with E-state index in [1.165, 1.54) is 32.1 Å². The molecule has 1 heterocycles. The number of thiazole rings is 1. The van der Waals surface area contributed by atoms with Crippen molar-refractivity contribution in [1.82, 2.24) is 9.88 Å². The lowest BCUT2D eigenvalue weighted by atomic mass is 9.96. The van der Waals surface area contributed by atoms with Crippen molar-refractivity contribution in [1.29, 1.82) is 0 Å². The van der Waals surface area contributed by atoms with E-state index >= 15 is 0 Å². The van der Waals surface area contributed by atoms with Crippen LogP contribution >= 0.6 is 22.9 Å². The molecule has 6 heteroatoms. The Hall–Kier alpha value is -1.59. The maximum Gasteiger partial charge on any atom is 0.251 e. The fourth-order valence-electron chi connectivity index (χ4n) is 2.92. The van der Waals surface area contributed by atoms with Crippen molar-refractivity contribution in [3.05, 3.63) is 50.7 Å². The third-order valence-corrected chi connectivity index (χ3v) is 5.65. The zero-order valence-corrected chi connectivity index (χ0v) is 15.4. The molecule has 0 atom stereocenters. The third-order valence-electron chi connectivity index (χ3n) is 4.42. The van der Waals surface area contributed by atoms with E-state index in [1.54, 1.807) is 35.6 Å². The molecule has 128 valence electrons. The predicted octanol–water partition coefficient (Wildman–Crippen LogP) is 3.90. The summed E-state index contributed by atoms with van der Waals surface area (Å²) in [6.45, 7) is 0.495. The lowest BCUT2D eigenvalue weighted by Gasteiger charge is -2.16. The molecule has 0 bridgehead atoms. The van der Waals surface area contributed by atoms with Gasteiger partial charge in [0.15, 0.2) is 4.80 Å². The van der Waals surface area contributed by atoms with E-state index in [4.69, 9.17) is 16.6 Å². The number of carbonyl (C=O) groups excluding carboxylic acids is 1. The van der Waals surface area contributed by atoms with Gasteiger partial charge in [0.2, 0.25) is 0 Å². The summed E-state index contributed by atoms with van der Waals surface area (Å²) in [4.78, 5) is 18.1. The number of nitrogens with zero attached hydrogens (tertiary/aromatic N) is 2. The van der Waals surface area contributed by atoms with Crippen LogP contribution in [-0.2, 0) is 13.6 Å². The topological polar surface area (TPSA) is 46.4 Å². The van der Waals surface area contributed by atoms with Gasteiger partial charge in [-0.25, -0.2) is 0 Å². The third kappa shape index (κ3) is 4.28. The number of amides is 1. The minimum absolute atomic E-state index is 0.0939. The fourth-order valence-corrected chi connectivity index (χ4v) is 4.01. The van der Waals surface area contributed by atoms with E-state index in [1.807, 2.05) is 7.05 Å². The van der Waals surface area contributed by atoms with Crippen molar-refractivity contribution < 1.29 is 4.79 Å². The van der Waals surface area contributed by atoms with Crippen molar-refractivity contribution in [3.8, 4) is 0 Å². The summed E-state index contributed by atoms with van der Waals surface area (Å²) < 4.78 is 2.08. The van der Waals surface area contributed by atoms with E-state index in [0.29, 0.717) is 23.2 Å². The summed E-state index contributed by atoms with van der Waals surface area (Å²) >= 11 is 7.50. The number of benzene rings is 1. The van der Waals surface area contributed by atoms with Gasteiger partial charge in [-0.15, -0.1) is 11.3 Å². The summed E-state index contributed by atoms with van der Waals surface area (Å²) in [5, 5.41) is 5.66. The number of halogens is 1. The Labute approximate surface area is 151 Å². The summed E-state index contributed by atoms with van der Waals surface area (Å²) in [7, 11) is 2.02. The van der Waals surface area contributed by atoms with Crippen LogP contribution in [0.3, 0.4) is 0 Å². The highest BCUT2D eigenvalue weighted by Gasteiger charge is 2.13. The van der Waals surface area contributed by atoms with E-state index < -0.39 is 0 Å². The maximum absolute atomic E-state index is 12.2. The average molecular weight is 364 g/mol. The second kappa shape index (κ2) is 7.99. The molecule has 3 rings (SSSR count). The van der Waals surface area contributed by atoms with Crippen LogP contribution in [0.15, 0.2) is 34.6 Å². The predicted molar refractivity (Wildman–Crippen MR) is 98.3 cm³/mol. The van der Waals surface area contributed by atoms with Crippen LogP contribution in [0, 0.1) is 0 Å². The fraction of sp³-hybridized carbons (Fsp3) is 0.444. The number of rotatable bonds is 4. The van der Waals surface area contributed by atoms with Crippen LogP contribution in [0.2, 0.25) is 5.02 Å². The van der Waals surface area contributed by atoms with E-state index in [-0.39, 0.29) is 5.91 Å².